The van der Waals surface area contributed by atoms with Crippen LogP contribution in [0.1, 0.15) is 51.9 Å². The maximum atomic E-state index is 11.3. The lowest BCUT2D eigenvalue weighted by atomic mass is 10.0. The molecule has 0 spiro atoms. The zero-order valence-corrected chi connectivity index (χ0v) is 11.8. The Morgan fingerprint density at radius 3 is 2.72 bits per heavy atom. The van der Waals surface area contributed by atoms with Gasteiger partial charge in [0.05, 0.1) is 7.11 Å². The van der Waals surface area contributed by atoms with Crippen LogP contribution in [0, 0.1) is 5.92 Å². The highest BCUT2D eigenvalue weighted by Gasteiger charge is 2.13. The second kappa shape index (κ2) is 9.15. The van der Waals surface area contributed by atoms with Gasteiger partial charge in [-0.2, -0.15) is 0 Å². The van der Waals surface area contributed by atoms with Gasteiger partial charge in [0.1, 0.15) is 0 Å². The molecule has 0 unspecified atom stereocenters. The average Bonchev–Trinajstić information content (AvgIpc) is 2.90. The first-order chi connectivity index (χ1) is 8.77. The van der Waals surface area contributed by atoms with E-state index in [1.165, 1.54) is 45.6 Å². The fourth-order valence-corrected chi connectivity index (χ4v) is 2.62. The molecule has 0 saturated heterocycles. The minimum absolute atomic E-state index is 0.203. The van der Waals surface area contributed by atoms with Gasteiger partial charge in [0, 0.05) is 12.1 Å². The third-order valence-corrected chi connectivity index (χ3v) is 3.76. The van der Waals surface area contributed by atoms with Crippen LogP contribution in [0.5, 0.6) is 0 Å². The molecule has 18 heavy (non-hydrogen) atoms. The molecular weight excluding hydrogens is 226 g/mol. The summed E-state index contributed by atoms with van der Waals surface area (Å²) in [5.74, 6) is 0.772. The van der Waals surface area contributed by atoms with E-state index in [2.05, 4.69) is 5.32 Å². The first kappa shape index (κ1) is 15.2. The van der Waals surface area contributed by atoms with Gasteiger partial charge < -0.3 is 10.1 Å². The van der Waals surface area contributed by atoms with Crippen molar-refractivity contribution in [2.45, 2.75) is 51.9 Å². The number of carbonyl (C=O) groups excluding carboxylic acids is 1. The Labute approximate surface area is 111 Å². The molecule has 1 fully saturated rings. The van der Waals surface area contributed by atoms with Crippen LogP contribution in [-0.4, -0.2) is 26.2 Å². The van der Waals surface area contributed by atoms with Gasteiger partial charge in [0.25, 0.3) is 0 Å². The molecule has 0 bridgehead atoms. The number of hydrogen-bond acceptors (Lipinski definition) is 3. The summed E-state index contributed by atoms with van der Waals surface area (Å²) in [5, 5.41) is 3.37. The molecule has 0 heterocycles. The summed E-state index contributed by atoms with van der Waals surface area (Å²) >= 11 is 0. The van der Waals surface area contributed by atoms with E-state index < -0.39 is 0 Å². The quantitative estimate of drug-likeness (QED) is 0.410. The summed E-state index contributed by atoms with van der Waals surface area (Å²) in [6, 6.07) is 0. The van der Waals surface area contributed by atoms with E-state index in [4.69, 9.17) is 4.74 Å². The van der Waals surface area contributed by atoms with E-state index in [0.29, 0.717) is 0 Å². The molecule has 1 aliphatic carbocycles. The van der Waals surface area contributed by atoms with Gasteiger partial charge in [-0.25, -0.2) is 4.79 Å². The summed E-state index contributed by atoms with van der Waals surface area (Å²) < 4.78 is 4.71. The topological polar surface area (TPSA) is 38.3 Å². The molecular formula is C15H27NO2. The highest BCUT2D eigenvalue weighted by atomic mass is 16.5. The number of nitrogens with one attached hydrogen (secondary N) is 1. The zero-order valence-electron chi connectivity index (χ0n) is 11.8. The van der Waals surface area contributed by atoms with Crippen molar-refractivity contribution in [2.24, 2.45) is 5.92 Å². The standard InChI is InChI=1S/C15H27NO2/c1-3-14(15(17)18-2)10-12-16-11-6-9-13-7-4-5-8-13/h10,13,16H,3-9,11-12H2,1-2H3. The molecule has 0 aliphatic heterocycles. The van der Waals surface area contributed by atoms with Gasteiger partial charge in [-0.15, -0.1) is 0 Å². The fourth-order valence-electron chi connectivity index (χ4n) is 2.62. The van der Waals surface area contributed by atoms with E-state index in [9.17, 15) is 4.79 Å². The molecule has 3 nitrogen and oxygen atoms in total. The minimum Gasteiger partial charge on any atom is -0.466 e. The number of rotatable bonds is 8. The predicted octanol–water partition coefficient (Wildman–Crippen LogP) is 3.06. The van der Waals surface area contributed by atoms with Crippen LogP contribution in [-0.2, 0) is 9.53 Å². The van der Waals surface area contributed by atoms with Gasteiger partial charge in [0.15, 0.2) is 0 Å². The maximum Gasteiger partial charge on any atom is 0.333 e. The molecule has 3 heteroatoms. The second-order valence-corrected chi connectivity index (χ2v) is 5.07. The Morgan fingerprint density at radius 2 is 2.11 bits per heavy atom. The highest BCUT2D eigenvalue weighted by Crippen LogP contribution is 2.28. The lowest BCUT2D eigenvalue weighted by molar-refractivity contribution is -0.136. The van der Waals surface area contributed by atoms with Crippen molar-refractivity contribution in [3.63, 3.8) is 0 Å². The van der Waals surface area contributed by atoms with Crippen molar-refractivity contribution in [2.75, 3.05) is 20.2 Å². The normalized spacial score (nSPS) is 17.1. The molecule has 0 aromatic carbocycles. The average molecular weight is 253 g/mol. The lowest BCUT2D eigenvalue weighted by Gasteiger charge is -2.08. The monoisotopic (exact) mass is 253 g/mol. The first-order valence-electron chi connectivity index (χ1n) is 7.26. The summed E-state index contributed by atoms with van der Waals surface area (Å²) in [4.78, 5) is 11.3. The molecule has 1 aliphatic rings. The third kappa shape index (κ3) is 5.67. The molecule has 1 N–H and O–H groups in total. The van der Waals surface area contributed by atoms with Gasteiger partial charge in [0.2, 0.25) is 0 Å². The number of ether oxygens (including phenoxy) is 1. The van der Waals surface area contributed by atoms with Crippen LogP contribution in [0.2, 0.25) is 0 Å². The molecule has 104 valence electrons. The van der Waals surface area contributed by atoms with Crippen LogP contribution in [0.4, 0.5) is 0 Å². The van der Waals surface area contributed by atoms with Crippen molar-refractivity contribution in [1.82, 2.24) is 5.32 Å². The Bertz CT molecular complexity index is 268. The Kier molecular flexibility index (Phi) is 7.74. The van der Waals surface area contributed by atoms with E-state index in [-0.39, 0.29) is 5.97 Å². The van der Waals surface area contributed by atoms with Gasteiger partial charge in [-0.1, -0.05) is 38.7 Å². The van der Waals surface area contributed by atoms with Crippen LogP contribution in [0.15, 0.2) is 11.6 Å². The molecule has 1 rings (SSSR count). The first-order valence-corrected chi connectivity index (χ1v) is 7.26. The van der Waals surface area contributed by atoms with Crippen LogP contribution in [0.25, 0.3) is 0 Å². The van der Waals surface area contributed by atoms with Crippen molar-refractivity contribution in [1.29, 1.82) is 0 Å². The number of esters is 1. The Balaban J connectivity index is 2.05. The van der Waals surface area contributed by atoms with Crippen molar-refractivity contribution >= 4 is 5.97 Å². The van der Waals surface area contributed by atoms with Crippen molar-refractivity contribution in [3.05, 3.63) is 11.6 Å². The van der Waals surface area contributed by atoms with E-state index in [1.54, 1.807) is 0 Å². The summed E-state index contributed by atoms with van der Waals surface area (Å²) in [6.07, 6.45) is 11.0. The smallest absolute Gasteiger partial charge is 0.333 e. The Hall–Kier alpha value is -0.830. The SMILES string of the molecule is CCC(=CCNCCCC1CCCC1)C(=O)OC. The number of methoxy groups -OCH3 is 1. The van der Waals surface area contributed by atoms with Crippen LogP contribution in [0.3, 0.4) is 0 Å². The molecule has 1 saturated carbocycles. The summed E-state index contributed by atoms with van der Waals surface area (Å²) in [6.45, 7) is 3.79. The largest absolute Gasteiger partial charge is 0.466 e. The third-order valence-electron chi connectivity index (χ3n) is 3.76. The predicted molar refractivity (Wildman–Crippen MR) is 74.5 cm³/mol. The molecule has 0 amide bonds. The molecule has 0 aromatic heterocycles. The fraction of sp³-hybridized carbons (Fsp3) is 0.800. The lowest BCUT2D eigenvalue weighted by Crippen LogP contribution is -2.17. The summed E-state index contributed by atoms with van der Waals surface area (Å²) in [5.41, 5.74) is 0.765. The minimum atomic E-state index is -0.203. The van der Waals surface area contributed by atoms with E-state index >= 15 is 0 Å². The number of hydrogen-bond donors (Lipinski definition) is 1. The Morgan fingerprint density at radius 1 is 1.39 bits per heavy atom. The second-order valence-electron chi connectivity index (χ2n) is 5.07. The van der Waals surface area contributed by atoms with Gasteiger partial charge in [-0.05, 0) is 31.7 Å². The molecule has 0 aromatic rings. The van der Waals surface area contributed by atoms with Crippen molar-refractivity contribution < 1.29 is 9.53 Å². The van der Waals surface area contributed by atoms with E-state index in [1.807, 2.05) is 13.0 Å². The van der Waals surface area contributed by atoms with Gasteiger partial charge in [-0.3, -0.25) is 0 Å². The zero-order chi connectivity index (χ0) is 13.2. The van der Waals surface area contributed by atoms with E-state index in [0.717, 1.165) is 31.0 Å². The summed E-state index contributed by atoms with van der Waals surface area (Å²) in [7, 11) is 1.43. The molecule has 0 atom stereocenters. The molecule has 0 radical (unpaired) electrons. The highest BCUT2D eigenvalue weighted by molar-refractivity contribution is 5.88. The van der Waals surface area contributed by atoms with Crippen LogP contribution >= 0.6 is 0 Å². The van der Waals surface area contributed by atoms with Crippen molar-refractivity contribution in [3.8, 4) is 0 Å². The maximum absolute atomic E-state index is 11.3. The van der Waals surface area contributed by atoms with Gasteiger partial charge >= 0.3 is 5.97 Å². The van der Waals surface area contributed by atoms with Crippen LogP contribution < -0.4 is 5.32 Å². The number of carbonyl (C=O) groups is 1.